The summed E-state index contributed by atoms with van der Waals surface area (Å²) in [6.45, 7) is 8.54. The fourth-order valence-corrected chi connectivity index (χ4v) is 5.75. The lowest BCUT2D eigenvalue weighted by atomic mass is 10.4. The van der Waals surface area contributed by atoms with E-state index >= 15 is 0 Å². The number of hydrogen-bond acceptors (Lipinski definition) is 3. The molecule has 0 heterocycles. The van der Waals surface area contributed by atoms with Crippen molar-refractivity contribution < 1.29 is 5.11 Å². The van der Waals surface area contributed by atoms with Gasteiger partial charge < -0.3 is 10.1 Å². The van der Waals surface area contributed by atoms with Gasteiger partial charge in [0.2, 0.25) is 0 Å². The molecule has 3 nitrogen and oxygen atoms in total. The first-order valence-electron chi connectivity index (χ1n) is 5.84. The van der Waals surface area contributed by atoms with E-state index in [2.05, 4.69) is 25.9 Å². The van der Waals surface area contributed by atoms with Crippen molar-refractivity contribution in [1.29, 1.82) is 0 Å². The molecule has 0 fully saturated rings. The van der Waals surface area contributed by atoms with E-state index in [1.54, 1.807) is 5.01 Å². The molecule has 90 valence electrons. The zero-order valence-corrected chi connectivity index (χ0v) is 12.0. The molecule has 0 aromatic rings. The second-order valence-electron chi connectivity index (χ2n) is 4.41. The molecule has 1 unspecified atom stereocenters. The molecule has 0 radical (unpaired) electrons. The van der Waals surface area contributed by atoms with E-state index in [1.807, 2.05) is 21.0 Å². The van der Waals surface area contributed by atoms with E-state index in [0.717, 1.165) is 23.8 Å². The van der Waals surface area contributed by atoms with Crippen molar-refractivity contribution in [3.05, 3.63) is 0 Å². The van der Waals surface area contributed by atoms with Crippen molar-refractivity contribution in [2.45, 2.75) is 51.6 Å². The van der Waals surface area contributed by atoms with Crippen LogP contribution in [0.5, 0.6) is 0 Å². The van der Waals surface area contributed by atoms with Gasteiger partial charge >= 0.3 is 0 Å². The van der Waals surface area contributed by atoms with Gasteiger partial charge in [0.15, 0.2) is 0 Å². The van der Waals surface area contributed by atoms with Gasteiger partial charge in [-0.2, -0.15) is 5.10 Å². The molecular weight excluding hydrogens is 204 g/mol. The highest BCUT2D eigenvalue weighted by molar-refractivity contribution is 6.83. The molecule has 15 heavy (non-hydrogen) atoms. The molecule has 0 amide bonds. The third kappa shape index (κ3) is 3.61. The van der Waals surface area contributed by atoms with E-state index in [-0.39, 0.29) is 5.73 Å². The summed E-state index contributed by atoms with van der Waals surface area (Å²) in [5.41, 5.74) is 0.581. The van der Waals surface area contributed by atoms with Crippen LogP contribution in [-0.2, 0) is 0 Å². The lowest BCUT2D eigenvalue weighted by Crippen LogP contribution is -2.50. The molecule has 0 aliphatic heterocycles. The molecule has 1 atom stereocenters. The molecule has 0 bridgehead atoms. The van der Waals surface area contributed by atoms with Crippen molar-refractivity contribution in [2.24, 2.45) is 5.10 Å². The predicted molar refractivity (Wildman–Crippen MR) is 70.0 cm³/mol. The van der Waals surface area contributed by atoms with E-state index < -0.39 is 8.07 Å². The van der Waals surface area contributed by atoms with Crippen molar-refractivity contribution >= 4 is 13.8 Å². The van der Waals surface area contributed by atoms with Gasteiger partial charge in [0.25, 0.3) is 0 Å². The van der Waals surface area contributed by atoms with Gasteiger partial charge in [-0.25, -0.2) is 0 Å². The maximum atomic E-state index is 10.4. The summed E-state index contributed by atoms with van der Waals surface area (Å²) in [5, 5.41) is 16.5. The van der Waals surface area contributed by atoms with Gasteiger partial charge in [-0.15, -0.1) is 0 Å². The molecule has 0 aliphatic rings. The minimum absolute atomic E-state index is 0.292. The van der Waals surface area contributed by atoms with Crippen molar-refractivity contribution in [1.82, 2.24) is 5.01 Å². The Balaban J connectivity index is 4.85. The van der Waals surface area contributed by atoms with Gasteiger partial charge in [0, 0.05) is 14.1 Å². The zero-order chi connectivity index (χ0) is 12.1. The average Bonchev–Trinajstić information content (AvgIpc) is 2.20. The van der Waals surface area contributed by atoms with E-state index in [9.17, 15) is 5.11 Å². The highest BCUT2D eigenvalue weighted by atomic mass is 28.3. The summed E-state index contributed by atoms with van der Waals surface area (Å²) in [4.78, 5) is 0. The minimum Gasteiger partial charge on any atom is -0.391 e. The lowest BCUT2D eigenvalue weighted by Gasteiger charge is -2.33. The number of hydrogen-bond donors (Lipinski definition) is 1. The highest BCUT2D eigenvalue weighted by Gasteiger charge is 2.37. The van der Waals surface area contributed by atoms with Crippen LogP contribution in [0.15, 0.2) is 5.10 Å². The zero-order valence-electron chi connectivity index (χ0n) is 11.0. The van der Waals surface area contributed by atoms with Crippen LogP contribution in [0, 0.1) is 0 Å². The van der Waals surface area contributed by atoms with Crippen LogP contribution in [0.3, 0.4) is 0 Å². The van der Waals surface area contributed by atoms with E-state index in [0.29, 0.717) is 0 Å². The molecule has 0 aromatic heterocycles. The number of nitrogens with zero attached hydrogens (tertiary/aromatic N) is 2. The summed E-state index contributed by atoms with van der Waals surface area (Å²) < 4.78 is 0. The molecule has 0 aromatic carbocycles. The fourth-order valence-electron chi connectivity index (χ4n) is 2.14. The Labute approximate surface area is 95.2 Å². The smallest absolute Gasteiger partial charge is 0.0938 e. The number of rotatable bonds is 6. The Morgan fingerprint density at radius 3 is 1.87 bits per heavy atom. The molecule has 0 rings (SSSR count). The molecule has 1 N–H and O–H groups in total. The molecule has 0 spiro atoms. The standard InChI is InChI=1S/C11H26N2OSi/c1-7-15(8-2,9-3)11(14)10(4)12-13(5)6/h11,14H,7-9H2,1-6H3. The number of aliphatic hydroxyl groups is 1. The van der Waals surface area contributed by atoms with Crippen molar-refractivity contribution in [3.63, 3.8) is 0 Å². The lowest BCUT2D eigenvalue weighted by molar-refractivity contribution is 0.298. The van der Waals surface area contributed by atoms with Gasteiger partial charge in [0.05, 0.1) is 19.5 Å². The maximum absolute atomic E-state index is 10.4. The van der Waals surface area contributed by atoms with Gasteiger partial charge in [-0.1, -0.05) is 38.9 Å². The van der Waals surface area contributed by atoms with Gasteiger partial charge in [0.1, 0.15) is 0 Å². The Bertz CT molecular complexity index is 204. The first kappa shape index (κ1) is 14.6. The van der Waals surface area contributed by atoms with Crippen LogP contribution in [0.4, 0.5) is 0 Å². The average molecular weight is 230 g/mol. The number of hydrazone groups is 1. The summed E-state index contributed by atoms with van der Waals surface area (Å²) in [5.74, 6) is 0. The molecule has 0 saturated carbocycles. The van der Waals surface area contributed by atoms with E-state index in [1.165, 1.54) is 0 Å². The molecule has 0 saturated heterocycles. The first-order valence-corrected chi connectivity index (χ1v) is 8.53. The quantitative estimate of drug-likeness (QED) is 0.432. The van der Waals surface area contributed by atoms with Crippen LogP contribution in [0.1, 0.15) is 27.7 Å². The minimum atomic E-state index is -1.55. The summed E-state index contributed by atoms with van der Waals surface area (Å²) in [6.07, 6.45) is 0. The summed E-state index contributed by atoms with van der Waals surface area (Å²) in [6, 6.07) is 3.38. The molecule has 0 aliphatic carbocycles. The summed E-state index contributed by atoms with van der Waals surface area (Å²) >= 11 is 0. The van der Waals surface area contributed by atoms with Gasteiger partial charge in [-0.05, 0) is 6.92 Å². The SMILES string of the molecule is CC[Si](CC)(CC)C(O)C(C)=NN(C)C. The summed E-state index contributed by atoms with van der Waals surface area (Å²) in [7, 11) is 2.23. The Morgan fingerprint density at radius 2 is 1.60 bits per heavy atom. The van der Waals surface area contributed by atoms with Crippen molar-refractivity contribution in [2.75, 3.05) is 14.1 Å². The highest BCUT2D eigenvalue weighted by Crippen LogP contribution is 2.25. The predicted octanol–water partition coefficient (Wildman–Crippen LogP) is 2.33. The van der Waals surface area contributed by atoms with Gasteiger partial charge in [-0.3, -0.25) is 0 Å². The van der Waals surface area contributed by atoms with Crippen molar-refractivity contribution in [3.8, 4) is 0 Å². The third-order valence-corrected chi connectivity index (χ3v) is 9.25. The third-order valence-electron chi connectivity index (χ3n) is 3.45. The first-order chi connectivity index (χ1) is 6.93. The van der Waals surface area contributed by atoms with Crippen LogP contribution in [0.25, 0.3) is 0 Å². The fraction of sp³-hybridized carbons (Fsp3) is 0.909. The normalized spacial score (nSPS) is 15.3. The maximum Gasteiger partial charge on any atom is 0.0938 e. The largest absolute Gasteiger partial charge is 0.391 e. The van der Waals surface area contributed by atoms with E-state index in [4.69, 9.17) is 0 Å². The van der Waals surface area contributed by atoms with Crippen LogP contribution < -0.4 is 0 Å². The van der Waals surface area contributed by atoms with Crippen LogP contribution in [-0.4, -0.2) is 43.7 Å². The second kappa shape index (κ2) is 6.28. The monoisotopic (exact) mass is 230 g/mol. The Morgan fingerprint density at radius 1 is 1.20 bits per heavy atom. The van der Waals surface area contributed by atoms with Crippen LogP contribution >= 0.6 is 0 Å². The second-order valence-corrected chi connectivity index (χ2v) is 9.81. The van der Waals surface area contributed by atoms with Crippen LogP contribution in [0.2, 0.25) is 18.1 Å². The molecular formula is C11H26N2OSi. The molecule has 4 heteroatoms. The topological polar surface area (TPSA) is 35.8 Å². The Kier molecular flexibility index (Phi) is 6.13. The number of aliphatic hydroxyl groups excluding tert-OH is 1. The Hall–Kier alpha value is -0.353.